The number of ether oxygens (including phenoxy) is 1. The molecule has 0 spiro atoms. The topological polar surface area (TPSA) is 42.4 Å². The fourth-order valence-electron chi connectivity index (χ4n) is 0.530. The van der Waals surface area contributed by atoms with E-state index in [2.05, 4.69) is 20.9 Å². The normalized spacial score (nSPS) is 9.40. The Morgan fingerprint density at radius 3 is 2.90 bits per heavy atom. The van der Waals surface area contributed by atoms with E-state index in [0.29, 0.717) is 10.4 Å². The molecule has 0 unspecified atom stereocenters. The predicted molar refractivity (Wildman–Crippen MR) is 40.2 cm³/mol. The van der Waals surface area contributed by atoms with E-state index >= 15 is 0 Å². The van der Waals surface area contributed by atoms with Crippen molar-refractivity contribution in [2.45, 2.75) is 0 Å². The fourth-order valence-corrected chi connectivity index (χ4v) is 0.746. The molecule has 0 aromatic carbocycles. The van der Waals surface area contributed by atoms with Crippen LogP contribution in [0.2, 0.25) is 0 Å². The van der Waals surface area contributed by atoms with Crippen LogP contribution >= 0.6 is 15.9 Å². The summed E-state index contributed by atoms with van der Waals surface area (Å²) < 4.78 is 5.23. The first kappa shape index (κ1) is 7.34. The lowest BCUT2D eigenvalue weighted by Crippen LogP contribution is -1.84. The summed E-state index contributed by atoms with van der Waals surface area (Å²) in [6.07, 6.45) is 1.52. The maximum Gasteiger partial charge on any atom is 0.152 e. The number of rotatable bonds is 1. The summed E-state index contributed by atoms with van der Waals surface area (Å²) in [5.41, 5.74) is 0. The SMILES string of the molecule is COc1cnc(Br)c(O)c1. The number of aromatic nitrogens is 1. The lowest BCUT2D eigenvalue weighted by molar-refractivity contribution is 0.403. The molecule has 0 saturated heterocycles. The fraction of sp³-hybridized carbons (Fsp3) is 0.167. The van der Waals surface area contributed by atoms with Crippen molar-refractivity contribution in [3.05, 3.63) is 16.9 Å². The van der Waals surface area contributed by atoms with Crippen molar-refractivity contribution in [2.24, 2.45) is 0 Å². The van der Waals surface area contributed by atoms with Gasteiger partial charge < -0.3 is 9.84 Å². The number of halogens is 1. The van der Waals surface area contributed by atoms with Crippen molar-refractivity contribution < 1.29 is 9.84 Å². The summed E-state index contributed by atoms with van der Waals surface area (Å²) in [6, 6.07) is 1.48. The number of pyridine rings is 1. The van der Waals surface area contributed by atoms with Gasteiger partial charge in [-0.3, -0.25) is 0 Å². The van der Waals surface area contributed by atoms with E-state index in [-0.39, 0.29) is 5.75 Å². The van der Waals surface area contributed by atoms with Crippen molar-refractivity contribution in [3.63, 3.8) is 0 Å². The van der Waals surface area contributed by atoms with Crippen LogP contribution in [-0.2, 0) is 0 Å². The van der Waals surface area contributed by atoms with Crippen LogP contribution in [-0.4, -0.2) is 17.2 Å². The summed E-state index contributed by atoms with van der Waals surface area (Å²) in [7, 11) is 1.52. The molecule has 1 aromatic rings. The number of aromatic hydroxyl groups is 1. The van der Waals surface area contributed by atoms with Gasteiger partial charge >= 0.3 is 0 Å². The molecule has 10 heavy (non-hydrogen) atoms. The second-order valence-electron chi connectivity index (χ2n) is 1.69. The molecule has 54 valence electrons. The van der Waals surface area contributed by atoms with Crippen molar-refractivity contribution in [1.82, 2.24) is 4.98 Å². The van der Waals surface area contributed by atoms with E-state index in [1.807, 2.05) is 0 Å². The maximum absolute atomic E-state index is 9.04. The largest absolute Gasteiger partial charge is 0.505 e. The number of hydrogen-bond acceptors (Lipinski definition) is 3. The lowest BCUT2D eigenvalue weighted by Gasteiger charge is -1.99. The molecular weight excluding hydrogens is 198 g/mol. The van der Waals surface area contributed by atoms with Gasteiger partial charge in [-0.25, -0.2) is 4.98 Å². The molecule has 0 fully saturated rings. The summed E-state index contributed by atoms with van der Waals surface area (Å²) in [5.74, 6) is 0.625. The third kappa shape index (κ3) is 1.39. The van der Waals surface area contributed by atoms with E-state index < -0.39 is 0 Å². The van der Waals surface area contributed by atoms with E-state index in [4.69, 9.17) is 9.84 Å². The van der Waals surface area contributed by atoms with Crippen molar-refractivity contribution in [1.29, 1.82) is 0 Å². The Hall–Kier alpha value is -0.770. The van der Waals surface area contributed by atoms with Gasteiger partial charge in [0.25, 0.3) is 0 Å². The molecule has 0 amide bonds. The Kier molecular flexibility index (Phi) is 2.11. The zero-order valence-electron chi connectivity index (χ0n) is 5.34. The minimum absolute atomic E-state index is 0.0827. The highest BCUT2D eigenvalue weighted by Crippen LogP contribution is 2.24. The first-order chi connectivity index (χ1) is 4.74. The van der Waals surface area contributed by atoms with Crippen molar-refractivity contribution >= 4 is 15.9 Å². The Morgan fingerprint density at radius 1 is 1.70 bits per heavy atom. The van der Waals surface area contributed by atoms with Crippen LogP contribution in [0, 0.1) is 0 Å². The molecule has 0 saturated carbocycles. The van der Waals surface area contributed by atoms with Crippen molar-refractivity contribution in [3.8, 4) is 11.5 Å². The third-order valence-electron chi connectivity index (χ3n) is 1.03. The second kappa shape index (κ2) is 2.88. The van der Waals surface area contributed by atoms with Gasteiger partial charge in [-0.1, -0.05) is 0 Å². The average Bonchev–Trinajstić information content (AvgIpc) is 1.95. The summed E-state index contributed by atoms with van der Waals surface area (Å²) in [6.45, 7) is 0. The van der Waals surface area contributed by atoms with Crippen LogP contribution in [0.1, 0.15) is 0 Å². The smallest absolute Gasteiger partial charge is 0.152 e. The van der Waals surface area contributed by atoms with Gasteiger partial charge in [-0.05, 0) is 15.9 Å². The molecule has 0 aliphatic heterocycles. The molecule has 0 aliphatic rings. The molecule has 0 atom stereocenters. The van der Waals surface area contributed by atoms with Gasteiger partial charge in [0.15, 0.2) is 5.75 Å². The van der Waals surface area contributed by atoms with Crippen molar-refractivity contribution in [2.75, 3.05) is 7.11 Å². The lowest BCUT2D eigenvalue weighted by atomic mass is 10.4. The Balaban J connectivity index is 3.04. The molecule has 4 heteroatoms. The molecule has 1 rings (SSSR count). The number of hydrogen-bond donors (Lipinski definition) is 1. The highest BCUT2D eigenvalue weighted by atomic mass is 79.9. The summed E-state index contributed by atoms with van der Waals surface area (Å²) >= 11 is 3.04. The molecule has 1 heterocycles. The Bertz CT molecular complexity index is 239. The molecular formula is C6H6BrNO2. The van der Waals surface area contributed by atoms with Gasteiger partial charge in [0.05, 0.1) is 13.3 Å². The second-order valence-corrected chi connectivity index (χ2v) is 2.44. The van der Waals surface area contributed by atoms with Gasteiger partial charge in [-0.15, -0.1) is 0 Å². The number of methoxy groups -OCH3 is 1. The van der Waals surface area contributed by atoms with Crippen LogP contribution < -0.4 is 4.74 Å². The van der Waals surface area contributed by atoms with Gasteiger partial charge in [-0.2, -0.15) is 0 Å². The first-order valence-electron chi connectivity index (χ1n) is 2.62. The Morgan fingerprint density at radius 2 is 2.40 bits per heavy atom. The van der Waals surface area contributed by atoms with E-state index in [9.17, 15) is 0 Å². The monoisotopic (exact) mass is 203 g/mol. The van der Waals surface area contributed by atoms with Crippen LogP contribution in [0.3, 0.4) is 0 Å². The maximum atomic E-state index is 9.04. The van der Waals surface area contributed by atoms with Gasteiger partial charge in [0, 0.05) is 6.07 Å². The summed E-state index contributed by atoms with van der Waals surface area (Å²) in [5, 5.41) is 9.04. The van der Waals surface area contributed by atoms with Crippen LogP contribution in [0.5, 0.6) is 11.5 Å². The van der Waals surface area contributed by atoms with Gasteiger partial charge in [0.2, 0.25) is 0 Å². The first-order valence-corrected chi connectivity index (χ1v) is 3.42. The number of nitrogens with zero attached hydrogens (tertiary/aromatic N) is 1. The van der Waals surface area contributed by atoms with Crippen LogP contribution in [0.25, 0.3) is 0 Å². The van der Waals surface area contributed by atoms with E-state index in [0.717, 1.165) is 0 Å². The molecule has 3 nitrogen and oxygen atoms in total. The van der Waals surface area contributed by atoms with E-state index in [1.54, 1.807) is 0 Å². The Labute approximate surface area is 66.8 Å². The highest BCUT2D eigenvalue weighted by Gasteiger charge is 1.99. The average molecular weight is 204 g/mol. The third-order valence-corrected chi connectivity index (χ3v) is 1.64. The summed E-state index contributed by atoms with van der Waals surface area (Å²) in [4.78, 5) is 3.79. The minimum atomic E-state index is 0.0827. The standard InChI is InChI=1S/C6H6BrNO2/c1-10-4-2-5(9)6(7)8-3-4/h2-3,9H,1H3. The molecule has 1 aromatic heterocycles. The minimum Gasteiger partial charge on any atom is -0.505 e. The zero-order valence-corrected chi connectivity index (χ0v) is 6.92. The highest BCUT2D eigenvalue weighted by molar-refractivity contribution is 9.10. The van der Waals surface area contributed by atoms with Gasteiger partial charge in [0.1, 0.15) is 10.4 Å². The molecule has 0 bridgehead atoms. The molecule has 0 aliphatic carbocycles. The van der Waals surface area contributed by atoms with Crippen LogP contribution in [0.4, 0.5) is 0 Å². The quantitative estimate of drug-likeness (QED) is 0.705. The molecule has 0 radical (unpaired) electrons. The predicted octanol–water partition coefficient (Wildman–Crippen LogP) is 1.56. The molecule has 1 N–H and O–H groups in total. The zero-order chi connectivity index (χ0) is 7.56. The van der Waals surface area contributed by atoms with Crippen LogP contribution in [0.15, 0.2) is 16.9 Å². The van der Waals surface area contributed by atoms with E-state index in [1.165, 1.54) is 19.4 Å².